The Balaban J connectivity index is 1.35. The molecule has 0 spiro atoms. The van der Waals surface area contributed by atoms with Crippen LogP contribution in [0, 0.1) is 5.82 Å². The molecular formula is C26H22FN7O2. The fourth-order valence-electron chi connectivity index (χ4n) is 4.63. The largest absolute Gasteiger partial charge is 0.346 e. The van der Waals surface area contributed by atoms with Gasteiger partial charge in [-0.25, -0.2) is 13.9 Å². The predicted molar refractivity (Wildman–Crippen MR) is 132 cm³/mol. The molecule has 1 aliphatic heterocycles. The standard InChI is InChI=1S/C26H22FN7O2/c27-18-10-19(13-28-12-18)32-25(35)17-8-20-21(14-30-24(20)29-11-17)16-4-7-34-23(9-16)22(15-31-34)26(36)33-5-2-1-3-6-33/h4,7-15H,1-3,5-6H2,(H,29,30)(H,32,35). The number of fused-ring (bicyclic) bond motifs is 2. The molecule has 2 N–H and O–H groups in total. The minimum atomic E-state index is -0.539. The zero-order chi connectivity index (χ0) is 24.6. The third kappa shape index (κ3) is 3.96. The smallest absolute Gasteiger partial charge is 0.257 e. The van der Waals surface area contributed by atoms with Gasteiger partial charge < -0.3 is 15.2 Å². The van der Waals surface area contributed by atoms with E-state index < -0.39 is 11.7 Å². The van der Waals surface area contributed by atoms with E-state index in [4.69, 9.17) is 0 Å². The number of aromatic amines is 1. The Bertz CT molecular complexity index is 1620. The summed E-state index contributed by atoms with van der Waals surface area (Å²) in [6, 6.07) is 6.76. The van der Waals surface area contributed by atoms with Gasteiger partial charge in [0.05, 0.1) is 40.9 Å². The van der Waals surface area contributed by atoms with Crippen LogP contribution in [0.5, 0.6) is 0 Å². The van der Waals surface area contributed by atoms with Crippen molar-refractivity contribution in [3.8, 4) is 11.1 Å². The Morgan fingerprint density at radius 3 is 2.72 bits per heavy atom. The molecule has 0 aromatic carbocycles. The zero-order valence-corrected chi connectivity index (χ0v) is 19.2. The third-order valence-electron chi connectivity index (χ3n) is 6.46. The first-order valence-corrected chi connectivity index (χ1v) is 11.7. The average Bonchev–Trinajstić information content (AvgIpc) is 3.52. The maximum Gasteiger partial charge on any atom is 0.257 e. The van der Waals surface area contributed by atoms with Crippen LogP contribution in [0.15, 0.2) is 61.4 Å². The van der Waals surface area contributed by atoms with E-state index in [-0.39, 0.29) is 11.6 Å². The van der Waals surface area contributed by atoms with Gasteiger partial charge in [0.15, 0.2) is 0 Å². The van der Waals surface area contributed by atoms with Crippen LogP contribution in [0.2, 0.25) is 0 Å². The van der Waals surface area contributed by atoms with Gasteiger partial charge in [0, 0.05) is 48.7 Å². The second kappa shape index (κ2) is 8.88. The van der Waals surface area contributed by atoms with Gasteiger partial charge in [-0.15, -0.1) is 0 Å². The van der Waals surface area contributed by atoms with E-state index in [0.717, 1.165) is 60.6 Å². The molecule has 0 aliphatic carbocycles. The minimum Gasteiger partial charge on any atom is -0.346 e. The summed E-state index contributed by atoms with van der Waals surface area (Å²) in [5.41, 5.74) is 4.17. The highest BCUT2D eigenvalue weighted by Crippen LogP contribution is 2.30. The Hall–Kier alpha value is -4.60. The predicted octanol–water partition coefficient (Wildman–Crippen LogP) is 4.29. The number of rotatable bonds is 4. The number of nitrogens with zero attached hydrogens (tertiary/aromatic N) is 5. The normalized spacial score (nSPS) is 13.9. The van der Waals surface area contributed by atoms with E-state index in [1.54, 1.807) is 16.8 Å². The van der Waals surface area contributed by atoms with E-state index >= 15 is 0 Å². The first-order chi connectivity index (χ1) is 17.6. The Morgan fingerprint density at radius 2 is 1.89 bits per heavy atom. The third-order valence-corrected chi connectivity index (χ3v) is 6.46. The van der Waals surface area contributed by atoms with Gasteiger partial charge in [0.2, 0.25) is 0 Å². The van der Waals surface area contributed by atoms with E-state index in [0.29, 0.717) is 16.8 Å². The number of carbonyl (C=O) groups is 2. The maximum absolute atomic E-state index is 13.4. The zero-order valence-electron chi connectivity index (χ0n) is 19.2. The van der Waals surface area contributed by atoms with Crippen LogP contribution in [-0.4, -0.2) is 54.4 Å². The van der Waals surface area contributed by atoms with Gasteiger partial charge >= 0.3 is 0 Å². The van der Waals surface area contributed by atoms with Crippen LogP contribution in [0.25, 0.3) is 27.7 Å². The van der Waals surface area contributed by atoms with Crippen molar-refractivity contribution in [3.05, 3.63) is 78.4 Å². The van der Waals surface area contributed by atoms with Crippen molar-refractivity contribution in [1.29, 1.82) is 0 Å². The minimum absolute atomic E-state index is 0.00626. The second-order valence-electron chi connectivity index (χ2n) is 8.82. The SMILES string of the molecule is O=C(Nc1cncc(F)c1)c1cnc2[nH]cc(-c3ccn4ncc(C(=O)N5CCCCC5)c4c3)c2c1. The first kappa shape index (κ1) is 21.9. The average molecular weight is 484 g/mol. The molecule has 9 nitrogen and oxygen atoms in total. The quantitative estimate of drug-likeness (QED) is 0.397. The summed E-state index contributed by atoms with van der Waals surface area (Å²) in [5, 5.41) is 7.75. The van der Waals surface area contributed by atoms with Gasteiger partial charge in [-0.1, -0.05) is 0 Å². The van der Waals surface area contributed by atoms with Crippen LogP contribution in [0.4, 0.5) is 10.1 Å². The molecule has 1 aliphatic rings. The number of carbonyl (C=O) groups excluding carboxylic acids is 2. The van der Waals surface area contributed by atoms with Crippen molar-refractivity contribution < 1.29 is 14.0 Å². The fourth-order valence-corrected chi connectivity index (χ4v) is 4.63. The van der Waals surface area contributed by atoms with Gasteiger partial charge in [0.1, 0.15) is 11.5 Å². The number of pyridine rings is 3. The summed E-state index contributed by atoms with van der Waals surface area (Å²) in [4.78, 5) is 39.1. The van der Waals surface area contributed by atoms with Crippen molar-refractivity contribution in [2.24, 2.45) is 0 Å². The molecule has 1 saturated heterocycles. The number of nitrogens with one attached hydrogen (secondary N) is 2. The highest BCUT2D eigenvalue weighted by Gasteiger charge is 2.22. The highest BCUT2D eigenvalue weighted by atomic mass is 19.1. The van der Waals surface area contributed by atoms with Crippen LogP contribution < -0.4 is 5.32 Å². The maximum atomic E-state index is 13.4. The van der Waals surface area contributed by atoms with E-state index in [1.807, 2.05) is 29.4 Å². The Morgan fingerprint density at radius 1 is 1.03 bits per heavy atom. The molecule has 0 unspecified atom stereocenters. The van der Waals surface area contributed by atoms with Crippen LogP contribution in [-0.2, 0) is 0 Å². The lowest BCUT2D eigenvalue weighted by atomic mass is 10.0. The lowest BCUT2D eigenvalue weighted by Gasteiger charge is -2.26. The van der Waals surface area contributed by atoms with Crippen LogP contribution in [0.3, 0.4) is 0 Å². The van der Waals surface area contributed by atoms with E-state index in [9.17, 15) is 14.0 Å². The first-order valence-electron chi connectivity index (χ1n) is 11.7. The summed E-state index contributed by atoms with van der Waals surface area (Å²) < 4.78 is 15.1. The summed E-state index contributed by atoms with van der Waals surface area (Å²) in [7, 11) is 0. The van der Waals surface area contributed by atoms with Gasteiger partial charge in [0.25, 0.3) is 11.8 Å². The number of anilines is 1. The molecule has 0 saturated carbocycles. The number of H-pyrrole nitrogens is 1. The van der Waals surface area contributed by atoms with Crippen molar-refractivity contribution >= 4 is 34.1 Å². The highest BCUT2D eigenvalue weighted by molar-refractivity contribution is 6.07. The Labute approximate surface area is 205 Å². The summed E-state index contributed by atoms with van der Waals surface area (Å²) in [5.74, 6) is -0.972. The van der Waals surface area contributed by atoms with Crippen LogP contribution >= 0.6 is 0 Å². The molecule has 6 rings (SSSR count). The molecule has 2 amide bonds. The number of hydrogen-bond acceptors (Lipinski definition) is 5. The molecule has 0 radical (unpaired) electrons. The van der Waals surface area contributed by atoms with Crippen molar-refractivity contribution in [1.82, 2.24) is 29.5 Å². The van der Waals surface area contributed by atoms with Crippen molar-refractivity contribution in [3.63, 3.8) is 0 Å². The molecule has 180 valence electrons. The van der Waals surface area contributed by atoms with Crippen molar-refractivity contribution in [2.45, 2.75) is 19.3 Å². The number of aromatic nitrogens is 5. The number of hydrogen-bond donors (Lipinski definition) is 2. The lowest BCUT2D eigenvalue weighted by Crippen LogP contribution is -2.35. The van der Waals surface area contributed by atoms with E-state index in [1.165, 1.54) is 18.5 Å². The molecule has 10 heteroatoms. The topological polar surface area (TPSA) is 108 Å². The summed E-state index contributed by atoms with van der Waals surface area (Å²) in [6.45, 7) is 1.53. The number of halogens is 1. The molecule has 0 atom stereocenters. The monoisotopic (exact) mass is 483 g/mol. The molecule has 5 aromatic rings. The number of piperidine rings is 1. The van der Waals surface area contributed by atoms with Gasteiger partial charge in [-0.2, -0.15) is 5.10 Å². The van der Waals surface area contributed by atoms with E-state index in [2.05, 4.69) is 25.4 Å². The molecule has 36 heavy (non-hydrogen) atoms. The molecular weight excluding hydrogens is 461 g/mol. The van der Waals surface area contributed by atoms with Crippen molar-refractivity contribution in [2.75, 3.05) is 18.4 Å². The molecule has 5 aromatic heterocycles. The van der Waals surface area contributed by atoms with Gasteiger partial charge in [-0.3, -0.25) is 14.6 Å². The summed E-state index contributed by atoms with van der Waals surface area (Å²) in [6.07, 6.45) is 12.3. The van der Waals surface area contributed by atoms with Gasteiger partial charge in [-0.05, 0) is 43.0 Å². The number of amides is 2. The van der Waals surface area contributed by atoms with Crippen LogP contribution in [0.1, 0.15) is 40.0 Å². The molecule has 0 bridgehead atoms. The Kier molecular flexibility index (Phi) is 5.40. The summed E-state index contributed by atoms with van der Waals surface area (Å²) >= 11 is 0. The second-order valence-corrected chi connectivity index (χ2v) is 8.82. The molecule has 1 fully saturated rings. The fraction of sp³-hybridized carbons (Fsp3) is 0.192. The number of likely N-dealkylation sites (tertiary alicyclic amines) is 1. The lowest BCUT2D eigenvalue weighted by molar-refractivity contribution is 0.0726. The molecule has 6 heterocycles.